The van der Waals surface area contributed by atoms with Gasteiger partial charge in [0.25, 0.3) is 5.91 Å². The van der Waals surface area contributed by atoms with Crippen LogP contribution in [0, 0.1) is 0 Å². The fraction of sp³-hybridized carbons (Fsp3) is 0.400. The van der Waals surface area contributed by atoms with Gasteiger partial charge in [-0.05, 0) is 43.5 Å². The minimum atomic E-state index is 0.0896. The van der Waals surface area contributed by atoms with Crippen molar-refractivity contribution in [1.82, 2.24) is 4.90 Å². The highest BCUT2D eigenvalue weighted by molar-refractivity contribution is 7.20. The molecular formula is C15H18N2O2S. The molecule has 0 radical (unpaired) electrons. The summed E-state index contributed by atoms with van der Waals surface area (Å²) >= 11 is 1.52. The minimum Gasteiger partial charge on any atom is -0.399 e. The van der Waals surface area contributed by atoms with E-state index in [2.05, 4.69) is 0 Å². The zero-order valence-electron chi connectivity index (χ0n) is 11.6. The van der Waals surface area contributed by atoms with Crippen molar-refractivity contribution in [2.75, 3.05) is 18.8 Å². The Hall–Kier alpha value is -1.59. The van der Waals surface area contributed by atoms with Crippen molar-refractivity contribution in [1.29, 1.82) is 0 Å². The van der Waals surface area contributed by atoms with E-state index in [9.17, 15) is 4.79 Å². The molecule has 1 amide bonds. The van der Waals surface area contributed by atoms with Crippen molar-refractivity contribution in [3.05, 3.63) is 29.1 Å². The van der Waals surface area contributed by atoms with Crippen molar-refractivity contribution in [2.24, 2.45) is 0 Å². The number of hydrogen-bond donors (Lipinski definition) is 1. The van der Waals surface area contributed by atoms with Crippen molar-refractivity contribution < 1.29 is 9.53 Å². The van der Waals surface area contributed by atoms with Gasteiger partial charge in [0.2, 0.25) is 0 Å². The first-order valence-electron chi connectivity index (χ1n) is 6.77. The first-order chi connectivity index (χ1) is 9.52. The van der Waals surface area contributed by atoms with Gasteiger partial charge < -0.3 is 15.4 Å². The number of anilines is 1. The molecule has 4 nitrogen and oxygen atoms in total. The first-order valence-corrected chi connectivity index (χ1v) is 7.58. The minimum absolute atomic E-state index is 0.0896. The number of thiophene rings is 1. The second-order valence-corrected chi connectivity index (χ2v) is 6.46. The van der Waals surface area contributed by atoms with Gasteiger partial charge in [-0.3, -0.25) is 4.79 Å². The van der Waals surface area contributed by atoms with Crippen molar-refractivity contribution in [3.63, 3.8) is 0 Å². The highest BCUT2D eigenvalue weighted by Crippen LogP contribution is 2.28. The summed E-state index contributed by atoms with van der Waals surface area (Å²) in [6.45, 7) is 5.31. The number of fused-ring (bicyclic) bond motifs is 1. The summed E-state index contributed by atoms with van der Waals surface area (Å²) in [6.07, 6.45) is 0.181. The predicted octanol–water partition coefficient (Wildman–Crippen LogP) is 2.73. The van der Waals surface area contributed by atoms with E-state index < -0.39 is 0 Å². The van der Waals surface area contributed by atoms with Crippen LogP contribution in [-0.2, 0) is 4.74 Å². The largest absolute Gasteiger partial charge is 0.399 e. The van der Waals surface area contributed by atoms with E-state index in [1.54, 1.807) is 0 Å². The fourth-order valence-electron chi connectivity index (χ4n) is 2.67. The van der Waals surface area contributed by atoms with Crippen LogP contribution in [0.15, 0.2) is 24.3 Å². The van der Waals surface area contributed by atoms with E-state index in [4.69, 9.17) is 10.5 Å². The summed E-state index contributed by atoms with van der Waals surface area (Å²) < 4.78 is 6.76. The normalized spacial score (nSPS) is 23.2. The molecule has 1 aromatic heterocycles. The quantitative estimate of drug-likeness (QED) is 0.822. The Morgan fingerprint density at radius 3 is 2.70 bits per heavy atom. The Morgan fingerprint density at radius 2 is 2.00 bits per heavy atom. The molecule has 1 aliphatic heterocycles. The summed E-state index contributed by atoms with van der Waals surface area (Å²) in [5.74, 6) is 0.0896. The number of amides is 1. The Morgan fingerprint density at radius 1 is 1.30 bits per heavy atom. The third-order valence-electron chi connectivity index (χ3n) is 3.46. The third kappa shape index (κ3) is 2.51. The predicted molar refractivity (Wildman–Crippen MR) is 82.1 cm³/mol. The van der Waals surface area contributed by atoms with Crippen LogP contribution in [0.4, 0.5) is 5.69 Å². The van der Waals surface area contributed by atoms with Crippen LogP contribution in [0.25, 0.3) is 10.1 Å². The van der Waals surface area contributed by atoms with Crippen LogP contribution >= 0.6 is 11.3 Å². The number of carbonyl (C=O) groups is 1. The lowest BCUT2D eigenvalue weighted by Crippen LogP contribution is -2.48. The number of nitrogens with two attached hydrogens (primary N) is 1. The first kappa shape index (κ1) is 13.4. The van der Waals surface area contributed by atoms with Gasteiger partial charge in [-0.2, -0.15) is 0 Å². The molecule has 2 aromatic rings. The number of ether oxygens (including phenoxy) is 1. The van der Waals surface area contributed by atoms with Crippen LogP contribution in [-0.4, -0.2) is 36.1 Å². The molecule has 0 spiro atoms. The summed E-state index contributed by atoms with van der Waals surface area (Å²) in [4.78, 5) is 15.2. The third-order valence-corrected chi connectivity index (χ3v) is 4.56. The molecule has 1 aromatic carbocycles. The van der Waals surface area contributed by atoms with Crippen molar-refractivity contribution in [2.45, 2.75) is 26.1 Å². The van der Waals surface area contributed by atoms with Gasteiger partial charge in [-0.25, -0.2) is 0 Å². The lowest BCUT2D eigenvalue weighted by Gasteiger charge is -2.35. The van der Waals surface area contributed by atoms with Gasteiger partial charge >= 0.3 is 0 Å². The van der Waals surface area contributed by atoms with Crippen LogP contribution < -0.4 is 5.73 Å². The fourth-order valence-corrected chi connectivity index (χ4v) is 3.68. The molecule has 2 unspecified atom stereocenters. The molecule has 2 N–H and O–H groups in total. The Bertz CT molecular complexity index is 642. The highest BCUT2D eigenvalue weighted by Gasteiger charge is 2.27. The molecule has 1 saturated heterocycles. The number of hydrogen-bond acceptors (Lipinski definition) is 4. The van der Waals surface area contributed by atoms with Crippen LogP contribution in [0.2, 0.25) is 0 Å². The van der Waals surface area contributed by atoms with E-state index in [0.717, 1.165) is 20.7 Å². The molecule has 5 heteroatoms. The number of morpholine rings is 1. The van der Waals surface area contributed by atoms with E-state index >= 15 is 0 Å². The van der Waals surface area contributed by atoms with Gasteiger partial charge in [-0.15, -0.1) is 11.3 Å². The number of benzene rings is 1. The number of carbonyl (C=O) groups excluding carboxylic acids is 1. The van der Waals surface area contributed by atoms with Gasteiger partial charge in [0.15, 0.2) is 0 Å². The Kier molecular flexibility index (Phi) is 3.40. The second kappa shape index (κ2) is 5.07. The number of rotatable bonds is 1. The van der Waals surface area contributed by atoms with Gasteiger partial charge in [0, 0.05) is 23.5 Å². The molecule has 1 aliphatic rings. The maximum absolute atomic E-state index is 12.6. The number of nitrogens with zero attached hydrogens (tertiary/aromatic N) is 1. The standard InChI is InChI=1S/C15H18N2O2S/c1-9-7-17(8-10(2)19-9)15(18)14-6-11-5-12(16)3-4-13(11)20-14/h3-6,9-10H,7-8,16H2,1-2H3. The highest BCUT2D eigenvalue weighted by atomic mass is 32.1. The van der Waals surface area contributed by atoms with Gasteiger partial charge in [0.05, 0.1) is 17.1 Å². The average Bonchev–Trinajstić information content (AvgIpc) is 2.79. The molecule has 106 valence electrons. The smallest absolute Gasteiger partial charge is 0.264 e. The maximum atomic E-state index is 12.6. The van der Waals surface area contributed by atoms with E-state index in [1.165, 1.54) is 11.3 Å². The van der Waals surface area contributed by atoms with E-state index in [1.807, 2.05) is 43.0 Å². The van der Waals surface area contributed by atoms with Crippen molar-refractivity contribution in [3.8, 4) is 0 Å². The zero-order valence-corrected chi connectivity index (χ0v) is 12.4. The molecule has 2 atom stereocenters. The topological polar surface area (TPSA) is 55.6 Å². The lowest BCUT2D eigenvalue weighted by molar-refractivity contribution is -0.0585. The molecule has 20 heavy (non-hydrogen) atoms. The summed E-state index contributed by atoms with van der Waals surface area (Å²) in [5, 5.41) is 1.03. The van der Waals surface area contributed by atoms with Crippen LogP contribution in [0.1, 0.15) is 23.5 Å². The molecule has 1 fully saturated rings. The SMILES string of the molecule is CC1CN(C(=O)c2cc3cc(N)ccc3s2)CC(C)O1. The number of nitrogen functional groups attached to an aromatic ring is 1. The monoisotopic (exact) mass is 290 g/mol. The lowest BCUT2D eigenvalue weighted by atomic mass is 10.2. The molecule has 0 bridgehead atoms. The van der Waals surface area contributed by atoms with Gasteiger partial charge in [-0.1, -0.05) is 0 Å². The zero-order chi connectivity index (χ0) is 14.3. The van der Waals surface area contributed by atoms with Gasteiger partial charge in [0.1, 0.15) is 0 Å². The molecule has 0 aliphatic carbocycles. The Balaban J connectivity index is 1.88. The summed E-state index contributed by atoms with van der Waals surface area (Å²) in [6, 6.07) is 7.68. The summed E-state index contributed by atoms with van der Waals surface area (Å²) in [7, 11) is 0. The molecule has 2 heterocycles. The maximum Gasteiger partial charge on any atom is 0.264 e. The molecule has 3 rings (SSSR count). The molecule has 0 saturated carbocycles. The Labute approximate surface area is 122 Å². The van der Waals surface area contributed by atoms with E-state index in [-0.39, 0.29) is 18.1 Å². The molecular weight excluding hydrogens is 272 g/mol. The van der Waals surface area contributed by atoms with Crippen LogP contribution in [0.3, 0.4) is 0 Å². The second-order valence-electron chi connectivity index (χ2n) is 5.38. The van der Waals surface area contributed by atoms with Crippen LogP contribution in [0.5, 0.6) is 0 Å². The average molecular weight is 290 g/mol. The van der Waals surface area contributed by atoms with E-state index in [0.29, 0.717) is 13.1 Å². The van der Waals surface area contributed by atoms with Crippen molar-refractivity contribution >= 4 is 33.0 Å². The summed E-state index contributed by atoms with van der Waals surface area (Å²) in [5.41, 5.74) is 6.51.